The van der Waals surface area contributed by atoms with Crippen molar-refractivity contribution in [3.8, 4) is 0 Å². The molecule has 13 heavy (non-hydrogen) atoms. The molecule has 0 aliphatic rings. The first-order valence-corrected chi connectivity index (χ1v) is 4.62. The normalized spacial score (nSPS) is 5.54. The Balaban J connectivity index is -0.0000000213. The summed E-state index contributed by atoms with van der Waals surface area (Å²) in [6.45, 7) is 0. The molecule has 5 heteroatoms. The molecule has 0 aliphatic heterocycles. The zero-order valence-corrected chi connectivity index (χ0v) is 13.3. The maximum atomic E-state index is 2.00. The fourth-order valence-electron chi connectivity index (χ4n) is 0. The Morgan fingerprint density at radius 3 is 0.385 bits per heavy atom. The first kappa shape index (κ1) is 29.2. The van der Waals surface area contributed by atoms with E-state index in [9.17, 15) is 0 Å². The van der Waals surface area contributed by atoms with Crippen molar-refractivity contribution in [1.29, 1.82) is 0 Å². The van der Waals surface area contributed by atoms with Gasteiger partial charge in [-0.05, 0) is 0 Å². The second kappa shape index (κ2) is 78.4. The van der Waals surface area contributed by atoms with Gasteiger partial charge in [-0.1, -0.05) is 0 Å². The van der Waals surface area contributed by atoms with Crippen LogP contribution in [-0.4, -0.2) is 56.4 Å². The van der Waals surface area contributed by atoms with Crippen molar-refractivity contribution in [3.63, 3.8) is 0 Å². The Labute approximate surface area is 104 Å². The molecule has 0 aliphatic carbocycles. The molecule has 4 nitrogen and oxygen atoms in total. The topological polar surface area (TPSA) is 66.4 Å². The minimum Gasteiger partial charge on any atom is -0.351 e. The average molecular weight is 276 g/mol. The second-order valence-corrected chi connectivity index (χ2v) is 2.31. The van der Waals surface area contributed by atoms with E-state index in [1.807, 2.05) is 77.6 Å². The Bertz CT molecular complexity index is 24.1. The third-order valence-electron chi connectivity index (χ3n) is 0. The molecule has 0 aromatic rings. The van der Waals surface area contributed by atoms with Gasteiger partial charge in [-0.15, -0.1) is 0 Å². The van der Waals surface area contributed by atoms with Crippen LogP contribution in [0.4, 0.5) is 0 Å². The molecule has 0 radical (unpaired) electrons. The molecule has 0 rings (SSSR count). The maximum Gasteiger partial charge on any atom is 4.00 e. The van der Waals surface area contributed by atoms with E-state index in [1.165, 1.54) is 0 Å². The minimum absolute atomic E-state index is 0. The van der Waals surface area contributed by atoms with Crippen LogP contribution in [-0.2, 0) is 26.2 Å². The molecule has 0 spiro atoms. The number of quaternary nitrogens is 4. The first-order valence-electron chi connectivity index (χ1n) is 4.62. The maximum absolute atomic E-state index is 2.00. The van der Waals surface area contributed by atoms with Crippen molar-refractivity contribution in [2.24, 2.45) is 0 Å². The average Bonchev–Trinajstić information content (AvgIpc) is 1.92. The fraction of sp³-hybridized carbons (Fsp3) is 1.00. The van der Waals surface area contributed by atoms with Crippen LogP contribution in [0.15, 0.2) is 0 Å². The SMILES string of the molecule is C[NH2+]C.C[NH2+]C.C[NH2+]C.C[NH2+]C.[Zr+4]. The van der Waals surface area contributed by atoms with Gasteiger partial charge in [0.25, 0.3) is 0 Å². The van der Waals surface area contributed by atoms with Crippen LogP contribution in [0.2, 0.25) is 0 Å². The summed E-state index contributed by atoms with van der Waals surface area (Å²) >= 11 is 0. The van der Waals surface area contributed by atoms with E-state index in [1.54, 1.807) is 0 Å². The number of hydrogen-bond acceptors (Lipinski definition) is 0. The van der Waals surface area contributed by atoms with Gasteiger partial charge in [0.05, 0.1) is 56.4 Å². The molecule has 0 fully saturated rings. The van der Waals surface area contributed by atoms with Crippen molar-refractivity contribution in [3.05, 3.63) is 0 Å². The van der Waals surface area contributed by atoms with E-state index in [-0.39, 0.29) is 26.2 Å². The summed E-state index contributed by atoms with van der Waals surface area (Å²) in [6, 6.07) is 0. The predicted molar refractivity (Wildman–Crippen MR) is 55.1 cm³/mol. The van der Waals surface area contributed by atoms with Gasteiger partial charge < -0.3 is 21.3 Å². The van der Waals surface area contributed by atoms with Crippen molar-refractivity contribution in [1.82, 2.24) is 0 Å². The van der Waals surface area contributed by atoms with Crippen molar-refractivity contribution in [2.45, 2.75) is 0 Å². The Kier molecular flexibility index (Phi) is 176. The standard InChI is InChI=1S/4C2H7N.Zr/c4*1-3-2;/h4*3H,1-2H3;/q;;;;+4/p+4. The Morgan fingerprint density at radius 1 is 0.385 bits per heavy atom. The van der Waals surface area contributed by atoms with E-state index in [0.29, 0.717) is 0 Å². The molecule has 8 N–H and O–H groups in total. The zero-order valence-electron chi connectivity index (χ0n) is 10.8. The number of hydrogen-bond donors (Lipinski definition) is 4. The molecule has 0 aromatic heterocycles. The fourth-order valence-corrected chi connectivity index (χ4v) is 0. The van der Waals surface area contributed by atoms with Gasteiger partial charge in [0, 0.05) is 0 Å². The van der Waals surface area contributed by atoms with Gasteiger partial charge in [-0.3, -0.25) is 0 Å². The van der Waals surface area contributed by atoms with Gasteiger partial charge >= 0.3 is 26.2 Å². The number of rotatable bonds is 0. The molecule has 0 aromatic carbocycles. The van der Waals surface area contributed by atoms with E-state index in [0.717, 1.165) is 0 Å². The molecule has 0 saturated heterocycles. The molecule has 0 atom stereocenters. The molecule has 0 heterocycles. The summed E-state index contributed by atoms with van der Waals surface area (Å²) in [6.07, 6.45) is 0. The summed E-state index contributed by atoms with van der Waals surface area (Å²) in [5.41, 5.74) is 0. The van der Waals surface area contributed by atoms with Gasteiger partial charge in [-0.25, -0.2) is 0 Å². The van der Waals surface area contributed by atoms with Crippen LogP contribution in [0, 0.1) is 0 Å². The van der Waals surface area contributed by atoms with Crippen molar-refractivity contribution < 1.29 is 47.5 Å². The predicted octanol–water partition coefficient (Wildman–Crippen LogP) is -4.76. The zero-order chi connectivity index (χ0) is 10.8. The smallest absolute Gasteiger partial charge is 0.351 e. The van der Waals surface area contributed by atoms with Crippen LogP contribution in [0.3, 0.4) is 0 Å². The monoisotopic (exact) mass is 274 g/mol. The molecule has 0 saturated carbocycles. The van der Waals surface area contributed by atoms with E-state index >= 15 is 0 Å². The first-order chi connectivity index (χ1) is 5.66. The molecule has 0 bridgehead atoms. The minimum atomic E-state index is 0. The molecular weight excluding hydrogens is 243 g/mol. The Hall–Kier alpha value is 0.723. The van der Waals surface area contributed by atoms with Crippen molar-refractivity contribution in [2.75, 3.05) is 56.4 Å². The summed E-state index contributed by atoms with van der Waals surface area (Å²) in [7, 11) is 16.0. The Morgan fingerprint density at radius 2 is 0.385 bits per heavy atom. The summed E-state index contributed by atoms with van der Waals surface area (Å²) in [5.74, 6) is 0. The summed E-state index contributed by atoms with van der Waals surface area (Å²) in [4.78, 5) is 0. The van der Waals surface area contributed by atoms with Crippen molar-refractivity contribution >= 4 is 0 Å². The van der Waals surface area contributed by atoms with Gasteiger partial charge in [0.1, 0.15) is 0 Å². The van der Waals surface area contributed by atoms with Gasteiger partial charge in [0.2, 0.25) is 0 Å². The van der Waals surface area contributed by atoms with E-state index < -0.39 is 0 Å². The number of nitrogens with two attached hydrogens (primary N) is 4. The van der Waals surface area contributed by atoms with Crippen LogP contribution < -0.4 is 21.3 Å². The molecule has 0 amide bonds. The third kappa shape index (κ3) is 2800. The largest absolute Gasteiger partial charge is 4.00 e. The second-order valence-electron chi connectivity index (χ2n) is 2.31. The van der Waals surface area contributed by atoms with E-state index in [2.05, 4.69) is 0 Å². The van der Waals surface area contributed by atoms with Crippen LogP contribution in [0.25, 0.3) is 0 Å². The van der Waals surface area contributed by atoms with Crippen LogP contribution >= 0.6 is 0 Å². The van der Waals surface area contributed by atoms with E-state index in [4.69, 9.17) is 0 Å². The van der Waals surface area contributed by atoms with Gasteiger partial charge in [-0.2, -0.15) is 0 Å². The molecule has 0 unspecified atom stereocenters. The summed E-state index contributed by atoms with van der Waals surface area (Å²) in [5, 5.41) is 8.00. The quantitative estimate of drug-likeness (QED) is 0.343. The van der Waals surface area contributed by atoms with Crippen LogP contribution in [0.5, 0.6) is 0 Å². The summed E-state index contributed by atoms with van der Waals surface area (Å²) < 4.78 is 0. The van der Waals surface area contributed by atoms with Crippen LogP contribution in [0.1, 0.15) is 0 Å². The molecule has 80 valence electrons. The molecular formula is C8H32N4Zr+8. The van der Waals surface area contributed by atoms with Gasteiger partial charge in [0.15, 0.2) is 0 Å². The third-order valence-corrected chi connectivity index (χ3v) is 0.